The minimum atomic E-state index is -0.242. The van der Waals surface area contributed by atoms with Crippen molar-refractivity contribution >= 4 is 57.8 Å². The molecule has 0 atom stereocenters. The summed E-state index contributed by atoms with van der Waals surface area (Å²) in [5, 5.41) is 4.29. The van der Waals surface area contributed by atoms with Gasteiger partial charge in [0.2, 0.25) is 0 Å². The number of nitrogens with zero attached hydrogens (tertiary/aromatic N) is 1. The number of ether oxygens (including phenoxy) is 2. The normalized spacial score (nSPS) is 16.8. The molecule has 0 bridgehead atoms. The summed E-state index contributed by atoms with van der Waals surface area (Å²) in [4.78, 5) is 17.1. The molecule has 1 N–H and O–H groups in total. The zero-order valence-electron chi connectivity index (χ0n) is 13.9. The minimum Gasteiger partial charge on any atom is -0.493 e. The first-order chi connectivity index (χ1) is 12.5. The van der Waals surface area contributed by atoms with Gasteiger partial charge in [-0.15, -0.1) is 0 Å². The highest BCUT2D eigenvalue weighted by Gasteiger charge is 2.24. The second-order valence-corrected chi connectivity index (χ2v) is 7.06. The summed E-state index contributed by atoms with van der Waals surface area (Å²) in [6.45, 7) is 0. The van der Waals surface area contributed by atoms with Gasteiger partial charge in [-0.05, 0) is 53.7 Å². The van der Waals surface area contributed by atoms with E-state index in [0.29, 0.717) is 42.9 Å². The molecule has 5 nitrogen and oxygen atoms in total. The van der Waals surface area contributed by atoms with Crippen LogP contribution in [0.3, 0.4) is 0 Å². The third-order valence-corrected chi connectivity index (χ3v) is 4.99. The fraction of sp³-hybridized carbons (Fsp3) is 0.111. The number of amidine groups is 1. The molecule has 2 aromatic carbocycles. The van der Waals surface area contributed by atoms with Crippen LogP contribution in [-0.2, 0) is 4.79 Å². The summed E-state index contributed by atoms with van der Waals surface area (Å²) < 4.78 is 10.5. The van der Waals surface area contributed by atoms with Crippen molar-refractivity contribution in [1.29, 1.82) is 0 Å². The maximum Gasteiger partial charge on any atom is 0.264 e. The highest BCUT2D eigenvalue weighted by molar-refractivity contribution is 8.18. The fourth-order valence-electron chi connectivity index (χ4n) is 2.24. The van der Waals surface area contributed by atoms with E-state index in [1.807, 2.05) is 0 Å². The molecule has 1 fully saturated rings. The van der Waals surface area contributed by atoms with E-state index >= 15 is 0 Å². The molecule has 0 radical (unpaired) electrons. The summed E-state index contributed by atoms with van der Waals surface area (Å²) in [6.07, 6.45) is 1.69. The highest BCUT2D eigenvalue weighted by Crippen LogP contribution is 2.36. The van der Waals surface area contributed by atoms with Gasteiger partial charge in [-0.3, -0.25) is 4.79 Å². The highest BCUT2D eigenvalue weighted by atomic mass is 35.5. The second kappa shape index (κ2) is 8.03. The van der Waals surface area contributed by atoms with E-state index in [-0.39, 0.29) is 5.91 Å². The lowest BCUT2D eigenvalue weighted by Crippen LogP contribution is -2.19. The Kier molecular flexibility index (Phi) is 5.76. The Morgan fingerprint density at radius 2 is 1.73 bits per heavy atom. The van der Waals surface area contributed by atoms with Crippen LogP contribution in [0.1, 0.15) is 5.56 Å². The number of methoxy groups -OCH3 is 2. The van der Waals surface area contributed by atoms with Crippen LogP contribution < -0.4 is 14.8 Å². The Balaban J connectivity index is 1.88. The first-order valence-electron chi connectivity index (χ1n) is 7.47. The molecule has 1 aliphatic rings. The Hall–Kier alpha value is -2.15. The van der Waals surface area contributed by atoms with Crippen molar-refractivity contribution in [2.24, 2.45) is 4.99 Å². The molecule has 0 unspecified atom stereocenters. The van der Waals surface area contributed by atoms with E-state index in [1.54, 1.807) is 42.5 Å². The maximum absolute atomic E-state index is 12.2. The molecular formula is C18H14Cl2N2O3S. The van der Waals surface area contributed by atoms with Crippen LogP contribution in [0.15, 0.2) is 46.3 Å². The summed E-state index contributed by atoms with van der Waals surface area (Å²) in [7, 11) is 3.07. The molecule has 8 heteroatoms. The zero-order valence-corrected chi connectivity index (χ0v) is 16.2. The van der Waals surface area contributed by atoms with Gasteiger partial charge in [-0.25, -0.2) is 4.99 Å². The number of benzene rings is 2. The fourth-order valence-corrected chi connectivity index (χ4v) is 3.40. The Morgan fingerprint density at radius 1 is 1.08 bits per heavy atom. The largest absolute Gasteiger partial charge is 0.493 e. The Bertz CT molecular complexity index is 911. The number of aliphatic imine (C=N–C) groups is 1. The molecule has 2 aromatic rings. The molecule has 1 aliphatic heterocycles. The van der Waals surface area contributed by atoms with Crippen molar-refractivity contribution < 1.29 is 14.3 Å². The smallest absolute Gasteiger partial charge is 0.264 e. The van der Waals surface area contributed by atoms with Crippen molar-refractivity contribution in [2.45, 2.75) is 0 Å². The summed E-state index contributed by atoms with van der Waals surface area (Å²) in [5.74, 6) is 0.809. The minimum absolute atomic E-state index is 0.242. The summed E-state index contributed by atoms with van der Waals surface area (Å²) in [5.41, 5.74) is 1.34. The number of carbonyl (C=O) groups excluding carboxylic acids is 1. The first-order valence-corrected chi connectivity index (χ1v) is 9.04. The number of nitrogens with one attached hydrogen (secondary N) is 1. The van der Waals surface area contributed by atoms with Crippen LogP contribution in [0.5, 0.6) is 11.5 Å². The molecule has 26 heavy (non-hydrogen) atoms. The Morgan fingerprint density at radius 3 is 2.38 bits per heavy atom. The van der Waals surface area contributed by atoms with E-state index in [9.17, 15) is 4.79 Å². The molecule has 0 spiro atoms. The van der Waals surface area contributed by atoms with E-state index in [0.717, 1.165) is 0 Å². The average Bonchev–Trinajstić information content (AvgIpc) is 2.97. The third kappa shape index (κ3) is 4.15. The van der Waals surface area contributed by atoms with Crippen LogP contribution in [0, 0.1) is 0 Å². The lowest BCUT2D eigenvalue weighted by Gasteiger charge is -2.09. The van der Waals surface area contributed by atoms with Gasteiger partial charge in [0.05, 0.1) is 29.8 Å². The van der Waals surface area contributed by atoms with Gasteiger partial charge in [0.25, 0.3) is 5.91 Å². The predicted octanol–water partition coefficient (Wildman–Crippen LogP) is 4.90. The molecular weight excluding hydrogens is 395 g/mol. The van der Waals surface area contributed by atoms with Crippen LogP contribution >= 0.6 is 35.0 Å². The number of halogens is 2. The van der Waals surface area contributed by atoms with Gasteiger partial charge < -0.3 is 14.8 Å². The molecule has 134 valence electrons. The van der Waals surface area contributed by atoms with Crippen molar-refractivity contribution in [2.75, 3.05) is 14.2 Å². The molecule has 0 aliphatic carbocycles. The molecule has 1 amide bonds. The quantitative estimate of drug-likeness (QED) is 0.730. The zero-order chi connectivity index (χ0) is 18.7. The van der Waals surface area contributed by atoms with E-state index in [2.05, 4.69) is 10.3 Å². The monoisotopic (exact) mass is 408 g/mol. The number of amides is 1. The summed E-state index contributed by atoms with van der Waals surface area (Å²) in [6, 6.07) is 10.4. The van der Waals surface area contributed by atoms with Crippen molar-refractivity contribution in [1.82, 2.24) is 5.32 Å². The third-order valence-electron chi connectivity index (χ3n) is 3.50. The van der Waals surface area contributed by atoms with Crippen LogP contribution in [0.4, 0.5) is 5.69 Å². The van der Waals surface area contributed by atoms with Crippen LogP contribution in [-0.4, -0.2) is 25.3 Å². The Labute approximate surface area is 165 Å². The van der Waals surface area contributed by atoms with Gasteiger partial charge in [-0.2, -0.15) is 0 Å². The molecule has 0 aromatic heterocycles. The van der Waals surface area contributed by atoms with Crippen LogP contribution in [0.2, 0.25) is 10.0 Å². The standard InChI is InChI=1S/C18H14Cl2N2O3S/c1-24-14-7-10(13(20)9-15(14)25-2)8-16-17(23)22-18(26-16)21-12-5-3-11(19)4-6-12/h3-9H,1-2H3,(H,21,22,23)/b16-8-. The van der Waals surface area contributed by atoms with Crippen molar-refractivity contribution in [3.8, 4) is 11.5 Å². The van der Waals surface area contributed by atoms with Crippen LogP contribution in [0.25, 0.3) is 6.08 Å². The van der Waals surface area contributed by atoms with Crippen molar-refractivity contribution in [3.63, 3.8) is 0 Å². The molecule has 0 saturated carbocycles. The molecule has 3 rings (SSSR count). The van der Waals surface area contributed by atoms with Gasteiger partial charge in [-0.1, -0.05) is 23.2 Å². The van der Waals surface area contributed by atoms with Gasteiger partial charge >= 0.3 is 0 Å². The summed E-state index contributed by atoms with van der Waals surface area (Å²) >= 11 is 13.4. The SMILES string of the molecule is COc1cc(Cl)c(/C=C2\SC(=Nc3ccc(Cl)cc3)NC2=O)cc1OC. The maximum atomic E-state index is 12.2. The second-order valence-electron chi connectivity index (χ2n) is 5.19. The van der Waals surface area contributed by atoms with Gasteiger partial charge in [0.15, 0.2) is 16.7 Å². The van der Waals surface area contributed by atoms with E-state index in [4.69, 9.17) is 32.7 Å². The molecule has 1 heterocycles. The van der Waals surface area contributed by atoms with Crippen molar-refractivity contribution in [3.05, 3.63) is 56.9 Å². The number of hydrogen-bond donors (Lipinski definition) is 1. The number of thioether (sulfide) groups is 1. The number of rotatable bonds is 4. The number of hydrogen-bond acceptors (Lipinski definition) is 5. The first kappa shape index (κ1) is 18.6. The topological polar surface area (TPSA) is 59.9 Å². The van der Waals surface area contributed by atoms with E-state index in [1.165, 1.54) is 26.0 Å². The number of carbonyl (C=O) groups is 1. The molecule has 1 saturated heterocycles. The van der Waals surface area contributed by atoms with Gasteiger partial charge in [0, 0.05) is 11.1 Å². The van der Waals surface area contributed by atoms with Gasteiger partial charge in [0.1, 0.15) is 0 Å². The lowest BCUT2D eigenvalue weighted by molar-refractivity contribution is -0.115. The lowest BCUT2D eigenvalue weighted by atomic mass is 10.2. The predicted molar refractivity (Wildman–Crippen MR) is 107 cm³/mol. The average molecular weight is 409 g/mol. The van der Waals surface area contributed by atoms with E-state index < -0.39 is 0 Å².